The molecule has 0 heterocycles. The van der Waals surface area contributed by atoms with Gasteiger partial charge in [-0.2, -0.15) is 0 Å². The first-order chi connectivity index (χ1) is 11.1. The van der Waals surface area contributed by atoms with Crippen LogP contribution in [0.1, 0.15) is 54.8 Å². The lowest BCUT2D eigenvalue weighted by Crippen LogP contribution is -2.36. The first-order valence-electron chi connectivity index (χ1n) is 8.03. The molecule has 0 aliphatic rings. The van der Waals surface area contributed by atoms with E-state index in [1.54, 1.807) is 24.3 Å². The van der Waals surface area contributed by atoms with Gasteiger partial charge >= 0.3 is 5.97 Å². The third kappa shape index (κ3) is 6.40. The third-order valence-corrected chi connectivity index (χ3v) is 3.28. The molecule has 1 aromatic rings. The summed E-state index contributed by atoms with van der Waals surface area (Å²) in [6.45, 7) is 8.55. The fraction of sp³-hybridized carbons (Fsp3) is 0.500. The number of hydrogen-bond donors (Lipinski definition) is 2. The molecule has 0 unspecified atom stereocenters. The number of amides is 2. The van der Waals surface area contributed by atoms with Crippen LogP contribution >= 0.6 is 0 Å². The predicted octanol–water partition coefficient (Wildman–Crippen LogP) is 2.40. The highest BCUT2D eigenvalue weighted by atomic mass is 16.4. The molecule has 2 amide bonds. The van der Waals surface area contributed by atoms with Crippen molar-refractivity contribution in [2.75, 3.05) is 19.6 Å². The van der Waals surface area contributed by atoms with Crippen molar-refractivity contribution in [3.63, 3.8) is 0 Å². The average molecular weight is 334 g/mol. The van der Waals surface area contributed by atoms with Crippen LogP contribution in [-0.4, -0.2) is 47.4 Å². The summed E-state index contributed by atoms with van der Waals surface area (Å²) in [5.74, 6) is -1.59. The van der Waals surface area contributed by atoms with Crippen LogP contribution in [0.3, 0.4) is 0 Å². The molecule has 0 aliphatic heterocycles. The molecule has 1 rings (SSSR count). The van der Waals surface area contributed by atoms with E-state index in [0.717, 1.165) is 0 Å². The highest BCUT2D eigenvalue weighted by Crippen LogP contribution is 2.12. The number of aliphatic carboxylic acids is 1. The molecule has 2 N–H and O–H groups in total. The average Bonchev–Trinajstić information content (AvgIpc) is 2.50. The van der Waals surface area contributed by atoms with E-state index in [1.807, 2.05) is 27.7 Å². The first-order valence-corrected chi connectivity index (χ1v) is 8.03. The summed E-state index contributed by atoms with van der Waals surface area (Å²) in [4.78, 5) is 36.6. The van der Waals surface area contributed by atoms with Crippen molar-refractivity contribution in [1.29, 1.82) is 0 Å². The molecule has 0 atom stereocenters. The van der Waals surface area contributed by atoms with E-state index < -0.39 is 5.97 Å². The minimum absolute atomic E-state index is 0.0109. The van der Waals surface area contributed by atoms with Crippen LogP contribution in [0.15, 0.2) is 24.3 Å². The second-order valence-electron chi connectivity index (χ2n) is 6.94. The molecule has 0 spiro atoms. The maximum atomic E-state index is 12.4. The maximum absolute atomic E-state index is 12.4. The fourth-order valence-electron chi connectivity index (χ4n) is 2.08. The van der Waals surface area contributed by atoms with Crippen LogP contribution in [-0.2, 0) is 4.79 Å². The zero-order chi connectivity index (χ0) is 18.3. The molecular formula is C18H26N2O4. The Bertz CT molecular complexity index is 588. The molecule has 0 saturated carbocycles. The Labute approximate surface area is 142 Å². The molecule has 0 bridgehead atoms. The summed E-state index contributed by atoms with van der Waals surface area (Å²) in [6, 6.07) is 6.27. The number of nitrogens with one attached hydrogen (secondary N) is 1. The van der Waals surface area contributed by atoms with Crippen LogP contribution in [0.4, 0.5) is 0 Å². The van der Waals surface area contributed by atoms with Crippen molar-refractivity contribution in [1.82, 2.24) is 10.2 Å². The van der Waals surface area contributed by atoms with E-state index in [0.29, 0.717) is 30.6 Å². The van der Waals surface area contributed by atoms with Crippen molar-refractivity contribution < 1.29 is 19.5 Å². The molecular weight excluding hydrogens is 308 g/mol. The molecule has 1 aromatic carbocycles. The van der Waals surface area contributed by atoms with Crippen LogP contribution in [0.5, 0.6) is 0 Å². The van der Waals surface area contributed by atoms with E-state index in [9.17, 15) is 14.4 Å². The fourth-order valence-corrected chi connectivity index (χ4v) is 2.08. The highest BCUT2D eigenvalue weighted by Gasteiger charge is 2.18. The number of nitrogens with zero attached hydrogens (tertiary/aromatic N) is 1. The van der Waals surface area contributed by atoms with Crippen molar-refractivity contribution in [3.05, 3.63) is 35.4 Å². The number of carbonyl (C=O) groups excluding carboxylic acids is 2. The van der Waals surface area contributed by atoms with Crippen LogP contribution in [0.2, 0.25) is 0 Å². The van der Waals surface area contributed by atoms with Gasteiger partial charge in [0.1, 0.15) is 6.54 Å². The monoisotopic (exact) mass is 334 g/mol. The summed E-state index contributed by atoms with van der Waals surface area (Å²) in [5.41, 5.74) is 0.830. The van der Waals surface area contributed by atoms with E-state index in [2.05, 4.69) is 5.32 Å². The quantitative estimate of drug-likeness (QED) is 0.801. The maximum Gasteiger partial charge on any atom is 0.323 e. The van der Waals surface area contributed by atoms with Gasteiger partial charge in [0.05, 0.1) is 0 Å². The molecule has 0 aromatic heterocycles. The number of benzene rings is 1. The first kappa shape index (κ1) is 19.7. The minimum Gasteiger partial charge on any atom is -0.480 e. The topological polar surface area (TPSA) is 86.7 Å². The zero-order valence-corrected chi connectivity index (χ0v) is 14.8. The van der Waals surface area contributed by atoms with E-state index >= 15 is 0 Å². The number of hydrogen-bond acceptors (Lipinski definition) is 3. The Kier molecular flexibility index (Phi) is 6.95. The van der Waals surface area contributed by atoms with Gasteiger partial charge in [0.15, 0.2) is 0 Å². The van der Waals surface area contributed by atoms with Crippen LogP contribution in [0.25, 0.3) is 0 Å². The van der Waals surface area contributed by atoms with Crippen molar-refractivity contribution in [2.45, 2.75) is 34.1 Å². The second kappa shape index (κ2) is 8.47. The summed E-state index contributed by atoms with van der Waals surface area (Å²) in [5, 5.41) is 11.7. The number of carboxylic acids is 1. The lowest BCUT2D eigenvalue weighted by Gasteiger charge is -2.20. The molecule has 0 fully saturated rings. The Morgan fingerprint density at radius 1 is 1.08 bits per heavy atom. The van der Waals surface area contributed by atoms with Crippen molar-refractivity contribution >= 4 is 17.8 Å². The van der Waals surface area contributed by atoms with E-state index in [4.69, 9.17) is 5.11 Å². The normalized spacial score (nSPS) is 11.0. The minimum atomic E-state index is -1.05. The molecule has 6 heteroatoms. The van der Waals surface area contributed by atoms with Gasteiger partial charge in [-0.15, -0.1) is 0 Å². The summed E-state index contributed by atoms with van der Waals surface area (Å²) in [6.07, 6.45) is 0.673. The van der Waals surface area contributed by atoms with Gasteiger partial charge < -0.3 is 15.3 Å². The van der Waals surface area contributed by atoms with Gasteiger partial charge in [0.2, 0.25) is 0 Å². The van der Waals surface area contributed by atoms with Gasteiger partial charge in [-0.3, -0.25) is 14.4 Å². The van der Waals surface area contributed by atoms with Crippen LogP contribution < -0.4 is 5.32 Å². The lowest BCUT2D eigenvalue weighted by molar-refractivity contribution is -0.137. The summed E-state index contributed by atoms with van der Waals surface area (Å²) < 4.78 is 0. The molecule has 0 aliphatic carbocycles. The van der Waals surface area contributed by atoms with Gasteiger partial charge in [-0.25, -0.2) is 0 Å². The van der Waals surface area contributed by atoms with E-state index in [1.165, 1.54) is 4.90 Å². The second-order valence-corrected chi connectivity index (χ2v) is 6.94. The molecule has 132 valence electrons. The van der Waals surface area contributed by atoms with Crippen molar-refractivity contribution in [3.8, 4) is 0 Å². The smallest absolute Gasteiger partial charge is 0.323 e. The van der Waals surface area contributed by atoms with E-state index in [-0.39, 0.29) is 23.8 Å². The van der Waals surface area contributed by atoms with Gasteiger partial charge in [0, 0.05) is 24.2 Å². The Balaban J connectivity index is 2.80. The molecule has 6 nitrogen and oxygen atoms in total. The summed E-state index contributed by atoms with van der Waals surface area (Å²) >= 11 is 0. The van der Waals surface area contributed by atoms with Crippen molar-refractivity contribution in [2.24, 2.45) is 5.41 Å². The SMILES string of the molecule is CCCN(CC(=O)O)C(=O)c1ccc(C(=O)NCC(C)(C)C)cc1. The number of carbonyl (C=O) groups is 3. The number of rotatable bonds is 7. The standard InChI is InChI=1S/C18H26N2O4/c1-5-10-20(11-15(21)22)17(24)14-8-6-13(7-9-14)16(23)19-12-18(2,3)4/h6-9H,5,10-12H2,1-4H3,(H,19,23)(H,21,22). The number of carboxylic acid groups (broad SMARTS) is 1. The third-order valence-electron chi connectivity index (χ3n) is 3.28. The van der Waals surface area contributed by atoms with Gasteiger partial charge in [0.25, 0.3) is 11.8 Å². The Morgan fingerprint density at radius 2 is 1.62 bits per heavy atom. The van der Waals surface area contributed by atoms with Gasteiger partial charge in [-0.1, -0.05) is 27.7 Å². The van der Waals surface area contributed by atoms with Gasteiger partial charge in [-0.05, 0) is 36.1 Å². The van der Waals surface area contributed by atoms with Crippen LogP contribution in [0, 0.1) is 5.41 Å². The molecule has 0 saturated heterocycles. The molecule has 0 radical (unpaired) electrons. The predicted molar refractivity (Wildman–Crippen MR) is 92.1 cm³/mol. The highest BCUT2D eigenvalue weighted by molar-refractivity contribution is 5.98. The zero-order valence-electron chi connectivity index (χ0n) is 14.8. The summed E-state index contributed by atoms with van der Waals surface area (Å²) in [7, 11) is 0. The lowest BCUT2D eigenvalue weighted by atomic mass is 9.97. The Hall–Kier alpha value is -2.37. The largest absolute Gasteiger partial charge is 0.480 e. The molecule has 24 heavy (non-hydrogen) atoms. The Morgan fingerprint density at radius 3 is 2.08 bits per heavy atom.